The maximum atomic E-state index is 5.38. The first kappa shape index (κ1) is 14.1. The molecule has 1 aliphatic heterocycles. The second-order valence-corrected chi connectivity index (χ2v) is 5.95. The van der Waals surface area contributed by atoms with E-state index in [1.165, 1.54) is 19.3 Å². The van der Waals surface area contributed by atoms with Crippen molar-refractivity contribution in [3.8, 4) is 0 Å². The molecule has 0 bridgehead atoms. The molecule has 0 aromatic heterocycles. The molecule has 0 saturated carbocycles. The molecule has 0 amide bonds. The van der Waals surface area contributed by atoms with Crippen LogP contribution in [0, 0.1) is 0 Å². The van der Waals surface area contributed by atoms with Crippen LogP contribution in [-0.4, -0.2) is 50.8 Å². The van der Waals surface area contributed by atoms with Gasteiger partial charge in [-0.25, -0.2) is 0 Å². The van der Waals surface area contributed by atoms with Gasteiger partial charge in [0, 0.05) is 32.7 Å². The van der Waals surface area contributed by atoms with Crippen LogP contribution >= 0.6 is 0 Å². The van der Waals surface area contributed by atoms with Gasteiger partial charge < -0.3 is 10.1 Å². The van der Waals surface area contributed by atoms with Crippen molar-refractivity contribution >= 4 is 0 Å². The zero-order valence-corrected chi connectivity index (χ0v) is 12.3. The Morgan fingerprint density at radius 1 is 1.20 bits per heavy atom. The Kier molecular flexibility index (Phi) is 5.06. The summed E-state index contributed by atoms with van der Waals surface area (Å²) in [6.07, 6.45) is 3.94. The van der Waals surface area contributed by atoms with E-state index in [1.807, 2.05) is 0 Å². The predicted octanol–water partition coefficient (Wildman–Crippen LogP) is 2.03. The Morgan fingerprint density at radius 3 is 2.95 bits per heavy atom. The molecule has 1 atom stereocenters. The van der Waals surface area contributed by atoms with Crippen LogP contribution in [0.2, 0.25) is 0 Å². The number of nitrogens with zero attached hydrogens (tertiary/aromatic N) is 1. The average Bonchev–Trinajstić information content (AvgIpc) is 2.53. The van der Waals surface area contributed by atoms with Gasteiger partial charge in [0.05, 0.1) is 13.2 Å². The fourth-order valence-electron chi connectivity index (χ4n) is 3.40. The molecule has 0 radical (unpaired) electrons. The number of ether oxygens (including phenoxy) is 1. The summed E-state index contributed by atoms with van der Waals surface area (Å²) in [4.78, 5) is 2.49. The molecule has 110 valence electrons. The Bertz CT molecular complexity index is 415. The number of rotatable bonds is 5. The lowest BCUT2D eigenvalue weighted by molar-refractivity contribution is 0.0384. The fourth-order valence-corrected chi connectivity index (χ4v) is 3.40. The number of benzene rings is 1. The second-order valence-electron chi connectivity index (χ2n) is 5.95. The first-order chi connectivity index (χ1) is 9.93. The van der Waals surface area contributed by atoms with E-state index in [4.69, 9.17) is 4.74 Å². The summed E-state index contributed by atoms with van der Waals surface area (Å²) in [5.74, 6) is 0.713. The number of fused-ring (bicyclic) bond motifs is 1. The zero-order chi connectivity index (χ0) is 13.6. The van der Waals surface area contributed by atoms with Crippen LogP contribution in [0.4, 0.5) is 0 Å². The second kappa shape index (κ2) is 7.21. The Hall–Kier alpha value is -0.900. The van der Waals surface area contributed by atoms with Crippen molar-refractivity contribution in [1.82, 2.24) is 10.2 Å². The van der Waals surface area contributed by atoms with Crippen molar-refractivity contribution in [3.63, 3.8) is 0 Å². The van der Waals surface area contributed by atoms with Gasteiger partial charge in [-0.05, 0) is 36.3 Å². The van der Waals surface area contributed by atoms with Gasteiger partial charge in [0.15, 0.2) is 0 Å². The summed E-state index contributed by atoms with van der Waals surface area (Å²) in [6, 6.07) is 8.98. The fraction of sp³-hybridized carbons (Fsp3) is 0.647. The molecule has 3 heteroatoms. The topological polar surface area (TPSA) is 24.5 Å². The molecule has 3 nitrogen and oxygen atoms in total. The Balaban J connectivity index is 1.43. The van der Waals surface area contributed by atoms with Gasteiger partial charge in [-0.3, -0.25) is 4.90 Å². The van der Waals surface area contributed by atoms with Crippen molar-refractivity contribution in [3.05, 3.63) is 35.4 Å². The highest BCUT2D eigenvalue weighted by atomic mass is 16.5. The first-order valence-electron chi connectivity index (χ1n) is 8.02. The van der Waals surface area contributed by atoms with Crippen molar-refractivity contribution in [1.29, 1.82) is 0 Å². The Labute approximate surface area is 122 Å². The predicted molar refractivity (Wildman–Crippen MR) is 82.2 cm³/mol. The molecule has 2 aliphatic rings. The lowest BCUT2D eigenvalue weighted by atomic mass is 9.83. The number of hydrogen-bond donors (Lipinski definition) is 1. The number of morpholine rings is 1. The molecule has 3 rings (SSSR count). The molecular weight excluding hydrogens is 248 g/mol. The van der Waals surface area contributed by atoms with E-state index in [2.05, 4.69) is 34.5 Å². The molecule has 1 aromatic rings. The van der Waals surface area contributed by atoms with E-state index in [1.54, 1.807) is 11.1 Å². The molecule has 0 spiro atoms. The van der Waals surface area contributed by atoms with Crippen LogP contribution < -0.4 is 5.32 Å². The largest absolute Gasteiger partial charge is 0.379 e. The lowest BCUT2D eigenvalue weighted by Gasteiger charge is -2.28. The van der Waals surface area contributed by atoms with Gasteiger partial charge in [-0.15, -0.1) is 0 Å². The molecule has 1 N–H and O–H groups in total. The van der Waals surface area contributed by atoms with E-state index in [0.29, 0.717) is 5.92 Å². The van der Waals surface area contributed by atoms with E-state index in [9.17, 15) is 0 Å². The summed E-state index contributed by atoms with van der Waals surface area (Å²) in [5.41, 5.74) is 3.15. The third kappa shape index (κ3) is 3.60. The highest BCUT2D eigenvalue weighted by Crippen LogP contribution is 2.30. The average molecular weight is 274 g/mol. The van der Waals surface area contributed by atoms with E-state index >= 15 is 0 Å². The first-order valence-corrected chi connectivity index (χ1v) is 8.02. The standard InChI is InChI=1S/C17H26N2O/c1-2-7-17-15(4-1)5-3-6-16(17)14-18-8-9-19-10-12-20-13-11-19/h1-2,4,7,16,18H,3,5-6,8-14H2. The third-order valence-corrected chi connectivity index (χ3v) is 4.59. The molecule has 20 heavy (non-hydrogen) atoms. The van der Waals surface area contributed by atoms with Crippen LogP contribution in [0.25, 0.3) is 0 Å². The summed E-state index contributed by atoms with van der Waals surface area (Å²) >= 11 is 0. The normalized spacial score (nSPS) is 23.5. The number of hydrogen-bond acceptors (Lipinski definition) is 3. The van der Waals surface area contributed by atoms with Gasteiger partial charge in [0.25, 0.3) is 0 Å². The Morgan fingerprint density at radius 2 is 2.05 bits per heavy atom. The van der Waals surface area contributed by atoms with Gasteiger partial charge in [0.2, 0.25) is 0 Å². The maximum absolute atomic E-state index is 5.38. The highest BCUT2D eigenvalue weighted by molar-refractivity contribution is 5.32. The number of nitrogens with one attached hydrogen (secondary N) is 1. The van der Waals surface area contributed by atoms with Crippen LogP contribution in [0.3, 0.4) is 0 Å². The molecule has 1 aromatic carbocycles. The highest BCUT2D eigenvalue weighted by Gasteiger charge is 2.19. The molecule has 1 unspecified atom stereocenters. The summed E-state index contributed by atoms with van der Waals surface area (Å²) in [7, 11) is 0. The molecule has 1 aliphatic carbocycles. The van der Waals surface area contributed by atoms with Gasteiger partial charge in [0.1, 0.15) is 0 Å². The van der Waals surface area contributed by atoms with Crippen LogP contribution in [0.5, 0.6) is 0 Å². The summed E-state index contributed by atoms with van der Waals surface area (Å²) in [5, 5.41) is 3.66. The number of aryl methyl sites for hydroxylation is 1. The van der Waals surface area contributed by atoms with E-state index in [0.717, 1.165) is 45.9 Å². The smallest absolute Gasteiger partial charge is 0.0594 e. The van der Waals surface area contributed by atoms with Crippen molar-refractivity contribution in [2.45, 2.75) is 25.2 Å². The molecule has 1 fully saturated rings. The van der Waals surface area contributed by atoms with Gasteiger partial charge in [-0.1, -0.05) is 24.3 Å². The van der Waals surface area contributed by atoms with Gasteiger partial charge >= 0.3 is 0 Å². The minimum atomic E-state index is 0.713. The van der Waals surface area contributed by atoms with Crippen molar-refractivity contribution < 1.29 is 4.74 Å². The zero-order valence-electron chi connectivity index (χ0n) is 12.3. The van der Waals surface area contributed by atoms with Crippen LogP contribution in [0.15, 0.2) is 24.3 Å². The van der Waals surface area contributed by atoms with Crippen molar-refractivity contribution in [2.75, 3.05) is 45.9 Å². The minimum absolute atomic E-state index is 0.713. The monoisotopic (exact) mass is 274 g/mol. The maximum Gasteiger partial charge on any atom is 0.0594 e. The molecule has 1 heterocycles. The summed E-state index contributed by atoms with van der Waals surface area (Å²) in [6.45, 7) is 7.35. The van der Waals surface area contributed by atoms with E-state index in [-0.39, 0.29) is 0 Å². The van der Waals surface area contributed by atoms with Crippen LogP contribution in [-0.2, 0) is 11.2 Å². The SMILES string of the molecule is c1ccc2c(c1)CCCC2CNCCN1CCOCC1. The summed E-state index contributed by atoms with van der Waals surface area (Å²) < 4.78 is 5.38. The minimum Gasteiger partial charge on any atom is -0.379 e. The third-order valence-electron chi connectivity index (χ3n) is 4.59. The lowest BCUT2D eigenvalue weighted by Crippen LogP contribution is -2.40. The molecular formula is C17H26N2O. The van der Waals surface area contributed by atoms with Crippen LogP contribution in [0.1, 0.15) is 29.9 Å². The quantitative estimate of drug-likeness (QED) is 0.832. The van der Waals surface area contributed by atoms with E-state index < -0.39 is 0 Å². The van der Waals surface area contributed by atoms with Gasteiger partial charge in [-0.2, -0.15) is 0 Å². The van der Waals surface area contributed by atoms with Crippen molar-refractivity contribution in [2.24, 2.45) is 0 Å². The molecule has 1 saturated heterocycles.